The first-order valence-corrected chi connectivity index (χ1v) is 6.38. The van der Waals surface area contributed by atoms with Gasteiger partial charge in [-0.05, 0) is 24.6 Å². The van der Waals surface area contributed by atoms with Gasteiger partial charge in [0.15, 0.2) is 0 Å². The van der Waals surface area contributed by atoms with Crippen LogP contribution >= 0.6 is 0 Å². The van der Waals surface area contributed by atoms with Crippen LogP contribution in [0.5, 0.6) is 0 Å². The highest BCUT2D eigenvalue weighted by atomic mass is 16.3. The van der Waals surface area contributed by atoms with Gasteiger partial charge < -0.3 is 9.67 Å². The summed E-state index contributed by atoms with van der Waals surface area (Å²) in [4.78, 5) is 4.46. The fraction of sp³-hybridized carbons (Fsp3) is 0.188. The summed E-state index contributed by atoms with van der Waals surface area (Å²) in [5.74, 6) is 0.711. The Hall–Kier alpha value is -2.13. The van der Waals surface area contributed by atoms with Crippen molar-refractivity contribution in [3.8, 4) is 0 Å². The van der Waals surface area contributed by atoms with Gasteiger partial charge in [-0.2, -0.15) is 0 Å². The highest BCUT2D eigenvalue weighted by Gasteiger charge is 2.09. The van der Waals surface area contributed by atoms with Crippen LogP contribution in [-0.4, -0.2) is 14.7 Å². The van der Waals surface area contributed by atoms with Gasteiger partial charge in [0.1, 0.15) is 12.4 Å². The molecule has 0 amide bonds. The molecule has 0 radical (unpaired) electrons. The van der Waals surface area contributed by atoms with E-state index in [-0.39, 0.29) is 6.61 Å². The predicted octanol–water partition coefficient (Wildman–Crippen LogP) is 2.89. The van der Waals surface area contributed by atoms with Crippen LogP contribution in [0.4, 0.5) is 0 Å². The van der Waals surface area contributed by atoms with Crippen LogP contribution in [0.15, 0.2) is 48.5 Å². The van der Waals surface area contributed by atoms with Gasteiger partial charge in [-0.3, -0.25) is 0 Å². The van der Waals surface area contributed by atoms with Crippen LogP contribution in [0.1, 0.15) is 17.0 Å². The molecule has 1 N–H and O–H groups in total. The minimum Gasteiger partial charge on any atom is -0.388 e. The summed E-state index contributed by atoms with van der Waals surface area (Å²) >= 11 is 0. The lowest BCUT2D eigenvalue weighted by molar-refractivity contribution is 0.267. The molecule has 19 heavy (non-hydrogen) atoms. The smallest absolute Gasteiger partial charge is 0.136 e. The molecule has 0 saturated heterocycles. The number of nitrogens with zero attached hydrogens (tertiary/aromatic N) is 2. The first kappa shape index (κ1) is 11.9. The molecule has 3 heteroatoms. The van der Waals surface area contributed by atoms with E-state index in [1.54, 1.807) is 0 Å². The summed E-state index contributed by atoms with van der Waals surface area (Å²) in [5.41, 5.74) is 4.46. The van der Waals surface area contributed by atoms with E-state index in [4.69, 9.17) is 0 Å². The molecule has 1 heterocycles. The third-order valence-corrected chi connectivity index (χ3v) is 3.30. The Labute approximate surface area is 112 Å². The summed E-state index contributed by atoms with van der Waals surface area (Å²) in [6.07, 6.45) is 0. The molecule has 0 spiro atoms. The molecule has 0 aliphatic carbocycles. The number of aromatic nitrogens is 2. The van der Waals surface area contributed by atoms with E-state index in [1.807, 2.05) is 24.3 Å². The van der Waals surface area contributed by atoms with Crippen molar-refractivity contribution < 1.29 is 5.11 Å². The second-order valence-electron chi connectivity index (χ2n) is 4.75. The normalized spacial score (nSPS) is 11.1. The molecule has 0 fully saturated rings. The van der Waals surface area contributed by atoms with E-state index in [0.717, 1.165) is 17.6 Å². The van der Waals surface area contributed by atoms with Crippen LogP contribution in [0.3, 0.4) is 0 Å². The molecule has 0 unspecified atom stereocenters. The van der Waals surface area contributed by atoms with E-state index in [0.29, 0.717) is 5.82 Å². The van der Waals surface area contributed by atoms with Crippen molar-refractivity contribution in [2.75, 3.05) is 0 Å². The van der Waals surface area contributed by atoms with Crippen molar-refractivity contribution in [1.82, 2.24) is 9.55 Å². The van der Waals surface area contributed by atoms with E-state index in [1.165, 1.54) is 11.1 Å². The first-order valence-electron chi connectivity index (χ1n) is 6.38. The lowest BCUT2D eigenvalue weighted by atomic mass is 10.1. The summed E-state index contributed by atoms with van der Waals surface area (Å²) in [6.45, 7) is 2.78. The third kappa shape index (κ3) is 2.25. The number of para-hydroxylation sites is 2. The molecule has 0 atom stereocenters. The number of fused-ring (bicyclic) bond motifs is 1. The van der Waals surface area contributed by atoms with Crippen LogP contribution in [0.2, 0.25) is 0 Å². The molecular formula is C16H16N2O. The Balaban J connectivity index is 2.08. The highest BCUT2D eigenvalue weighted by molar-refractivity contribution is 5.76. The SMILES string of the molecule is Cc1cccc(Cn2c(CO)nc3ccccc32)c1. The zero-order valence-corrected chi connectivity index (χ0v) is 10.9. The standard InChI is InChI=1S/C16H16N2O/c1-12-5-4-6-13(9-12)10-18-15-8-3-2-7-14(15)17-16(18)11-19/h2-9,19H,10-11H2,1H3. The maximum Gasteiger partial charge on any atom is 0.136 e. The summed E-state index contributed by atoms with van der Waals surface area (Å²) in [5, 5.41) is 9.47. The second-order valence-corrected chi connectivity index (χ2v) is 4.75. The number of benzene rings is 2. The first-order chi connectivity index (χ1) is 9.28. The van der Waals surface area contributed by atoms with Crippen LogP contribution in [0.25, 0.3) is 11.0 Å². The molecule has 0 aliphatic rings. The van der Waals surface area contributed by atoms with Gasteiger partial charge in [-0.15, -0.1) is 0 Å². The maximum absolute atomic E-state index is 9.47. The molecular weight excluding hydrogens is 236 g/mol. The number of hydrogen-bond donors (Lipinski definition) is 1. The number of aliphatic hydroxyl groups excluding tert-OH is 1. The average Bonchev–Trinajstić information content (AvgIpc) is 2.77. The topological polar surface area (TPSA) is 38.0 Å². The van der Waals surface area contributed by atoms with E-state index in [2.05, 4.69) is 40.7 Å². The Kier molecular flexibility index (Phi) is 3.05. The van der Waals surface area contributed by atoms with E-state index in [9.17, 15) is 5.11 Å². The zero-order chi connectivity index (χ0) is 13.2. The van der Waals surface area contributed by atoms with Crippen molar-refractivity contribution in [2.45, 2.75) is 20.1 Å². The lowest BCUT2D eigenvalue weighted by Crippen LogP contribution is -2.05. The largest absolute Gasteiger partial charge is 0.388 e. The Morgan fingerprint density at radius 1 is 1.11 bits per heavy atom. The monoisotopic (exact) mass is 252 g/mol. The Morgan fingerprint density at radius 2 is 1.95 bits per heavy atom. The van der Waals surface area contributed by atoms with Gasteiger partial charge >= 0.3 is 0 Å². The van der Waals surface area contributed by atoms with E-state index < -0.39 is 0 Å². The lowest BCUT2D eigenvalue weighted by Gasteiger charge is -2.08. The quantitative estimate of drug-likeness (QED) is 0.778. The maximum atomic E-state index is 9.47. The minimum absolute atomic E-state index is 0.0412. The molecule has 3 nitrogen and oxygen atoms in total. The summed E-state index contributed by atoms with van der Waals surface area (Å²) < 4.78 is 2.07. The number of hydrogen-bond acceptors (Lipinski definition) is 2. The molecule has 0 bridgehead atoms. The van der Waals surface area contributed by atoms with Crippen molar-refractivity contribution in [3.05, 3.63) is 65.5 Å². The Morgan fingerprint density at radius 3 is 2.74 bits per heavy atom. The average molecular weight is 252 g/mol. The van der Waals surface area contributed by atoms with Gasteiger partial charge in [0.05, 0.1) is 11.0 Å². The molecule has 1 aromatic heterocycles. The second kappa shape index (κ2) is 4.86. The number of rotatable bonds is 3. The van der Waals surface area contributed by atoms with Gasteiger partial charge in [-0.25, -0.2) is 4.98 Å². The number of aliphatic hydroxyl groups is 1. The minimum atomic E-state index is -0.0412. The zero-order valence-electron chi connectivity index (χ0n) is 10.9. The van der Waals surface area contributed by atoms with E-state index >= 15 is 0 Å². The van der Waals surface area contributed by atoms with Crippen LogP contribution in [-0.2, 0) is 13.2 Å². The Bertz CT molecular complexity index is 716. The fourth-order valence-electron chi connectivity index (χ4n) is 2.42. The van der Waals surface area contributed by atoms with Gasteiger partial charge in [0.25, 0.3) is 0 Å². The molecule has 2 aromatic carbocycles. The fourth-order valence-corrected chi connectivity index (χ4v) is 2.42. The predicted molar refractivity (Wildman–Crippen MR) is 75.9 cm³/mol. The van der Waals surface area contributed by atoms with Crippen molar-refractivity contribution in [1.29, 1.82) is 0 Å². The van der Waals surface area contributed by atoms with Gasteiger partial charge in [0, 0.05) is 6.54 Å². The summed E-state index contributed by atoms with van der Waals surface area (Å²) in [7, 11) is 0. The molecule has 0 saturated carbocycles. The van der Waals surface area contributed by atoms with Crippen molar-refractivity contribution in [3.63, 3.8) is 0 Å². The molecule has 96 valence electrons. The molecule has 3 aromatic rings. The van der Waals surface area contributed by atoms with Crippen LogP contribution < -0.4 is 0 Å². The van der Waals surface area contributed by atoms with Crippen LogP contribution in [0, 0.1) is 6.92 Å². The molecule has 3 rings (SSSR count). The highest BCUT2D eigenvalue weighted by Crippen LogP contribution is 2.18. The third-order valence-electron chi connectivity index (χ3n) is 3.30. The van der Waals surface area contributed by atoms with Gasteiger partial charge in [0.2, 0.25) is 0 Å². The summed E-state index contributed by atoms with van der Waals surface area (Å²) in [6, 6.07) is 16.4. The molecule has 0 aliphatic heterocycles. The van der Waals surface area contributed by atoms with Crippen molar-refractivity contribution >= 4 is 11.0 Å². The number of aryl methyl sites for hydroxylation is 1. The number of imidazole rings is 1. The van der Waals surface area contributed by atoms with Gasteiger partial charge in [-0.1, -0.05) is 42.0 Å². The van der Waals surface area contributed by atoms with Crippen molar-refractivity contribution in [2.24, 2.45) is 0 Å².